The Balaban J connectivity index is 2.14. The number of hydrogen-bond donors (Lipinski definition) is 1. The van der Waals surface area contributed by atoms with E-state index in [1.54, 1.807) is 12.3 Å². The van der Waals surface area contributed by atoms with E-state index in [4.69, 9.17) is 10.2 Å². The van der Waals surface area contributed by atoms with E-state index in [1.807, 2.05) is 19.1 Å². The first-order valence-electron chi connectivity index (χ1n) is 5.21. The molecule has 0 radical (unpaired) electrons. The molecular weight excluding hydrogens is 205 g/mol. The second-order valence-electron chi connectivity index (χ2n) is 3.91. The van der Waals surface area contributed by atoms with Crippen molar-refractivity contribution in [2.75, 3.05) is 0 Å². The zero-order chi connectivity index (χ0) is 11.5. The van der Waals surface area contributed by atoms with Crippen LogP contribution in [-0.2, 0) is 6.42 Å². The third-order valence-electron chi connectivity index (χ3n) is 2.58. The van der Waals surface area contributed by atoms with Gasteiger partial charge in [0.15, 0.2) is 0 Å². The van der Waals surface area contributed by atoms with Gasteiger partial charge in [-0.05, 0) is 42.7 Å². The summed E-state index contributed by atoms with van der Waals surface area (Å²) in [7, 11) is 0. The van der Waals surface area contributed by atoms with E-state index < -0.39 is 0 Å². The molecular formula is C13H14FNO. The molecule has 2 nitrogen and oxygen atoms in total. The highest BCUT2D eigenvalue weighted by Gasteiger charge is 2.13. The fourth-order valence-corrected chi connectivity index (χ4v) is 1.77. The minimum Gasteiger partial charge on any atom is -0.467 e. The lowest BCUT2D eigenvalue weighted by atomic mass is 10.0. The van der Waals surface area contributed by atoms with Crippen LogP contribution >= 0.6 is 0 Å². The molecule has 0 spiro atoms. The van der Waals surface area contributed by atoms with E-state index in [0.717, 1.165) is 16.9 Å². The molecule has 16 heavy (non-hydrogen) atoms. The minimum atomic E-state index is -0.235. The fourth-order valence-electron chi connectivity index (χ4n) is 1.77. The summed E-state index contributed by atoms with van der Waals surface area (Å²) in [4.78, 5) is 0. The van der Waals surface area contributed by atoms with Crippen molar-refractivity contribution < 1.29 is 8.81 Å². The number of aryl methyl sites for hydroxylation is 1. The second-order valence-corrected chi connectivity index (χ2v) is 3.91. The molecule has 0 aliphatic rings. The molecule has 2 N–H and O–H groups in total. The van der Waals surface area contributed by atoms with Gasteiger partial charge in [0.1, 0.15) is 11.6 Å². The molecule has 1 atom stereocenters. The molecule has 1 aromatic carbocycles. The van der Waals surface area contributed by atoms with Crippen LogP contribution in [0.1, 0.15) is 22.9 Å². The third kappa shape index (κ3) is 2.31. The number of benzene rings is 1. The zero-order valence-corrected chi connectivity index (χ0v) is 9.11. The van der Waals surface area contributed by atoms with Gasteiger partial charge in [-0.15, -0.1) is 0 Å². The van der Waals surface area contributed by atoms with Crippen LogP contribution in [0.2, 0.25) is 0 Å². The van der Waals surface area contributed by atoms with Crippen LogP contribution in [-0.4, -0.2) is 0 Å². The monoisotopic (exact) mass is 219 g/mol. The Morgan fingerprint density at radius 3 is 2.81 bits per heavy atom. The quantitative estimate of drug-likeness (QED) is 0.861. The van der Waals surface area contributed by atoms with Crippen LogP contribution in [0.15, 0.2) is 41.0 Å². The summed E-state index contributed by atoms with van der Waals surface area (Å²) < 4.78 is 18.3. The van der Waals surface area contributed by atoms with Crippen molar-refractivity contribution in [3.8, 4) is 0 Å². The highest BCUT2D eigenvalue weighted by molar-refractivity contribution is 5.23. The first-order chi connectivity index (χ1) is 7.66. The van der Waals surface area contributed by atoms with Crippen molar-refractivity contribution in [3.63, 3.8) is 0 Å². The van der Waals surface area contributed by atoms with Crippen molar-refractivity contribution in [1.29, 1.82) is 0 Å². The molecule has 84 valence electrons. The maximum Gasteiger partial charge on any atom is 0.123 e. The predicted molar refractivity (Wildman–Crippen MR) is 60.5 cm³/mol. The minimum absolute atomic E-state index is 0.225. The van der Waals surface area contributed by atoms with Crippen molar-refractivity contribution in [2.45, 2.75) is 19.4 Å². The number of halogens is 1. The Bertz CT molecular complexity index is 478. The molecule has 0 amide bonds. The standard InChI is InChI=1S/C13H14FNO/c1-9-5-6-16-13(9)12(15)8-10-3-2-4-11(14)7-10/h2-7,12H,8,15H2,1H3. The number of rotatable bonds is 3. The summed E-state index contributed by atoms with van der Waals surface area (Å²) in [6, 6.07) is 8.12. The Kier molecular flexibility index (Phi) is 3.06. The van der Waals surface area contributed by atoms with Gasteiger partial charge in [0.2, 0.25) is 0 Å². The molecule has 0 saturated heterocycles. The van der Waals surface area contributed by atoms with Crippen LogP contribution in [0.4, 0.5) is 4.39 Å². The van der Waals surface area contributed by atoms with Gasteiger partial charge in [0.25, 0.3) is 0 Å². The van der Waals surface area contributed by atoms with Crippen molar-refractivity contribution in [3.05, 3.63) is 59.3 Å². The third-order valence-corrected chi connectivity index (χ3v) is 2.58. The van der Waals surface area contributed by atoms with Gasteiger partial charge in [0.05, 0.1) is 12.3 Å². The molecule has 0 aliphatic heterocycles. The van der Waals surface area contributed by atoms with Gasteiger partial charge in [-0.3, -0.25) is 0 Å². The van der Waals surface area contributed by atoms with Crippen LogP contribution in [0.25, 0.3) is 0 Å². The maximum absolute atomic E-state index is 13.0. The van der Waals surface area contributed by atoms with Gasteiger partial charge in [-0.2, -0.15) is 0 Å². The van der Waals surface area contributed by atoms with E-state index in [2.05, 4.69) is 0 Å². The molecule has 1 unspecified atom stereocenters. The van der Waals surface area contributed by atoms with Crippen molar-refractivity contribution in [2.24, 2.45) is 5.73 Å². The van der Waals surface area contributed by atoms with Crippen LogP contribution < -0.4 is 5.73 Å². The maximum atomic E-state index is 13.0. The molecule has 3 heteroatoms. The lowest BCUT2D eigenvalue weighted by Gasteiger charge is -2.10. The average molecular weight is 219 g/mol. The summed E-state index contributed by atoms with van der Waals surface area (Å²) in [6.07, 6.45) is 2.20. The topological polar surface area (TPSA) is 39.2 Å². The van der Waals surface area contributed by atoms with Gasteiger partial charge in [-0.1, -0.05) is 12.1 Å². The molecule has 0 saturated carbocycles. The normalized spacial score (nSPS) is 12.7. The van der Waals surface area contributed by atoms with Crippen LogP contribution in [0.5, 0.6) is 0 Å². The first kappa shape index (κ1) is 10.9. The molecule has 1 heterocycles. The molecule has 0 bridgehead atoms. The van der Waals surface area contributed by atoms with Gasteiger partial charge in [-0.25, -0.2) is 4.39 Å². The van der Waals surface area contributed by atoms with E-state index in [9.17, 15) is 4.39 Å². The van der Waals surface area contributed by atoms with Gasteiger partial charge >= 0.3 is 0 Å². The number of hydrogen-bond acceptors (Lipinski definition) is 2. The van der Waals surface area contributed by atoms with E-state index in [-0.39, 0.29) is 11.9 Å². The van der Waals surface area contributed by atoms with Crippen LogP contribution in [0.3, 0.4) is 0 Å². The smallest absolute Gasteiger partial charge is 0.123 e. The Morgan fingerprint density at radius 2 is 2.19 bits per heavy atom. The van der Waals surface area contributed by atoms with E-state index in [1.165, 1.54) is 12.1 Å². The van der Waals surface area contributed by atoms with Gasteiger partial charge in [0, 0.05) is 0 Å². The number of nitrogens with two attached hydrogens (primary N) is 1. The van der Waals surface area contributed by atoms with Crippen LogP contribution in [0, 0.1) is 12.7 Å². The van der Waals surface area contributed by atoms with E-state index >= 15 is 0 Å². The highest BCUT2D eigenvalue weighted by Crippen LogP contribution is 2.20. The second kappa shape index (κ2) is 4.49. The fraction of sp³-hybridized carbons (Fsp3) is 0.231. The predicted octanol–water partition coefficient (Wildman–Crippen LogP) is 2.97. The average Bonchev–Trinajstić information content (AvgIpc) is 2.64. The van der Waals surface area contributed by atoms with Crippen molar-refractivity contribution >= 4 is 0 Å². The summed E-state index contributed by atoms with van der Waals surface area (Å²) in [5.74, 6) is 0.533. The molecule has 2 aromatic rings. The summed E-state index contributed by atoms with van der Waals surface area (Å²) >= 11 is 0. The summed E-state index contributed by atoms with van der Waals surface area (Å²) in [6.45, 7) is 1.95. The van der Waals surface area contributed by atoms with Gasteiger partial charge < -0.3 is 10.2 Å². The lowest BCUT2D eigenvalue weighted by Crippen LogP contribution is -2.13. The Morgan fingerprint density at radius 1 is 1.38 bits per heavy atom. The Labute approximate surface area is 93.9 Å². The molecule has 1 aromatic heterocycles. The summed E-state index contributed by atoms with van der Waals surface area (Å²) in [5, 5.41) is 0. The molecule has 0 aliphatic carbocycles. The number of furan rings is 1. The van der Waals surface area contributed by atoms with Crippen molar-refractivity contribution in [1.82, 2.24) is 0 Å². The first-order valence-corrected chi connectivity index (χ1v) is 5.21. The molecule has 0 fully saturated rings. The highest BCUT2D eigenvalue weighted by atomic mass is 19.1. The molecule has 2 rings (SSSR count). The summed E-state index contributed by atoms with van der Waals surface area (Å²) in [5.41, 5.74) is 7.92. The largest absolute Gasteiger partial charge is 0.467 e. The Hall–Kier alpha value is -1.61. The SMILES string of the molecule is Cc1ccoc1C(N)Cc1cccc(F)c1. The zero-order valence-electron chi connectivity index (χ0n) is 9.11. The lowest BCUT2D eigenvalue weighted by molar-refractivity contribution is 0.461. The van der Waals surface area contributed by atoms with E-state index in [0.29, 0.717) is 6.42 Å².